The Hall–Kier alpha value is -2.83. The van der Waals surface area contributed by atoms with Gasteiger partial charge in [-0.25, -0.2) is 9.78 Å². The van der Waals surface area contributed by atoms with Gasteiger partial charge in [0, 0.05) is 11.6 Å². The smallest absolute Gasteiger partial charge is 0.315 e. The van der Waals surface area contributed by atoms with Gasteiger partial charge < -0.3 is 15.4 Å². The van der Waals surface area contributed by atoms with Crippen LogP contribution in [0.5, 0.6) is 5.75 Å². The Bertz CT molecular complexity index is 708. The molecule has 0 radical (unpaired) electrons. The number of H-pyrrole nitrogens is 1. The fourth-order valence-corrected chi connectivity index (χ4v) is 2.56. The number of aromatic nitrogens is 3. The molecule has 0 unspecified atom stereocenters. The lowest BCUT2D eigenvalue weighted by Gasteiger charge is -2.17. The number of amides is 2. The highest BCUT2D eigenvalue weighted by Gasteiger charge is 2.12. The number of aromatic amines is 1. The largest absolute Gasteiger partial charge is 0.497 e. The van der Waals surface area contributed by atoms with E-state index < -0.39 is 0 Å². The van der Waals surface area contributed by atoms with Crippen LogP contribution in [0, 0.1) is 0 Å². The zero-order valence-corrected chi connectivity index (χ0v) is 13.6. The van der Waals surface area contributed by atoms with Crippen LogP contribution in [0.3, 0.4) is 0 Å². The lowest BCUT2D eigenvalue weighted by Crippen LogP contribution is -2.41. The van der Waals surface area contributed by atoms with Gasteiger partial charge in [-0.2, -0.15) is 5.10 Å². The van der Waals surface area contributed by atoms with E-state index >= 15 is 0 Å². The maximum absolute atomic E-state index is 11.9. The molecular formula is C17H21N5O2. The van der Waals surface area contributed by atoms with Crippen LogP contribution in [-0.2, 0) is 6.54 Å². The lowest BCUT2D eigenvalue weighted by atomic mass is 10.0. The van der Waals surface area contributed by atoms with Crippen LogP contribution in [-0.4, -0.2) is 34.4 Å². The van der Waals surface area contributed by atoms with Gasteiger partial charge in [0.2, 0.25) is 0 Å². The molecule has 2 aromatic rings. The van der Waals surface area contributed by atoms with Gasteiger partial charge in [-0.3, -0.25) is 5.10 Å². The van der Waals surface area contributed by atoms with Crippen molar-refractivity contribution in [3.63, 3.8) is 0 Å². The van der Waals surface area contributed by atoms with Gasteiger partial charge in [0.05, 0.1) is 13.7 Å². The molecule has 0 saturated carbocycles. The van der Waals surface area contributed by atoms with Crippen molar-refractivity contribution in [2.75, 3.05) is 7.11 Å². The molecule has 7 heteroatoms. The summed E-state index contributed by atoms with van der Waals surface area (Å²) in [4.78, 5) is 16.3. The summed E-state index contributed by atoms with van der Waals surface area (Å²) in [7, 11) is 1.62. The van der Waals surface area contributed by atoms with Crippen molar-refractivity contribution in [3.8, 4) is 17.1 Å². The third-order valence-corrected chi connectivity index (χ3v) is 3.87. The maximum Gasteiger partial charge on any atom is 0.315 e. The van der Waals surface area contributed by atoms with Crippen molar-refractivity contribution >= 4 is 6.03 Å². The number of carbonyl (C=O) groups is 1. The summed E-state index contributed by atoms with van der Waals surface area (Å²) in [5.74, 6) is 1.98. The van der Waals surface area contributed by atoms with Crippen LogP contribution in [0.15, 0.2) is 36.4 Å². The monoisotopic (exact) mass is 327 g/mol. The average Bonchev–Trinajstić information content (AvgIpc) is 3.10. The van der Waals surface area contributed by atoms with Gasteiger partial charge in [0.15, 0.2) is 5.82 Å². The molecule has 7 nitrogen and oxygen atoms in total. The maximum atomic E-state index is 11.9. The SMILES string of the molecule is COc1ccc(-c2n[nH]c(CNC(=O)N[C@H]3C=CCCC3)n2)cc1. The Morgan fingerprint density at radius 3 is 2.92 bits per heavy atom. The molecule has 2 amide bonds. The fourth-order valence-electron chi connectivity index (χ4n) is 2.56. The molecule has 24 heavy (non-hydrogen) atoms. The number of carbonyl (C=O) groups excluding carboxylic acids is 1. The zero-order valence-electron chi connectivity index (χ0n) is 13.6. The second-order valence-electron chi connectivity index (χ2n) is 5.63. The van der Waals surface area contributed by atoms with E-state index in [-0.39, 0.29) is 12.1 Å². The zero-order chi connectivity index (χ0) is 16.8. The predicted octanol–water partition coefficient (Wildman–Crippen LogP) is 2.39. The van der Waals surface area contributed by atoms with E-state index in [0.717, 1.165) is 30.6 Å². The van der Waals surface area contributed by atoms with E-state index in [0.29, 0.717) is 18.2 Å². The Morgan fingerprint density at radius 2 is 2.21 bits per heavy atom. The normalized spacial score (nSPS) is 16.6. The van der Waals surface area contributed by atoms with Crippen molar-refractivity contribution in [1.29, 1.82) is 0 Å². The van der Waals surface area contributed by atoms with E-state index in [1.807, 2.05) is 30.3 Å². The fraction of sp³-hybridized carbons (Fsp3) is 0.353. The van der Waals surface area contributed by atoms with Gasteiger partial charge in [0.1, 0.15) is 11.6 Å². The van der Waals surface area contributed by atoms with Crippen LogP contribution in [0.4, 0.5) is 4.79 Å². The second-order valence-corrected chi connectivity index (χ2v) is 5.63. The predicted molar refractivity (Wildman–Crippen MR) is 90.5 cm³/mol. The topological polar surface area (TPSA) is 91.9 Å². The molecular weight excluding hydrogens is 306 g/mol. The number of methoxy groups -OCH3 is 1. The molecule has 3 N–H and O–H groups in total. The number of nitrogens with one attached hydrogen (secondary N) is 3. The van der Waals surface area contributed by atoms with Gasteiger partial charge in [0.25, 0.3) is 0 Å². The molecule has 0 aliphatic heterocycles. The first-order valence-electron chi connectivity index (χ1n) is 8.01. The molecule has 0 spiro atoms. The van der Waals surface area contributed by atoms with Gasteiger partial charge in [-0.05, 0) is 43.5 Å². The van der Waals surface area contributed by atoms with Crippen molar-refractivity contribution in [2.45, 2.75) is 31.8 Å². The summed E-state index contributed by atoms with van der Waals surface area (Å²) in [6, 6.07) is 7.41. The summed E-state index contributed by atoms with van der Waals surface area (Å²) < 4.78 is 5.13. The molecule has 126 valence electrons. The number of ether oxygens (including phenoxy) is 1. The summed E-state index contributed by atoms with van der Waals surface area (Å²) >= 11 is 0. The Balaban J connectivity index is 1.52. The van der Waals surface area contributed by atoms with E-state index in [2.05, 4.69) is 31.9 Å². The number of benzene rings is 1. The van der Waals surface area contributed by atoms with Crippen LogP contribution in [0.1, 0.15) is 25.1 Å². The summed E-state index contributed by atoms with van der Waals surface area (Å²) in [5, 5.41) is 12.7. The van der Waals surface area contributed by atoms with Crippen molar-refractivity contribution < 1.29 is 9.53 Å². The highest BCUT2D eigenvalue weighted by Crippen LogP contribution is 2.18. The number of hydrogen-bond acceptors (Lipinski definition) is 4. The molecule has 1 heterocycles. The number of nitrogens with zero attached hydrogens (tertiary/aromatic N) is 2. The summed E-state index contributed by atoms with van der Waals surface area (Å²) in [6.07, 6.45) is 7.32. The molecule has 0 fully saturated rings. The van der Waals surface area contributed by atoms with E-state index in [1.54, 1.807) is 7.11 Å². The van der Waals surface area contributed by atoms with E-state index in [9.17, 15) is 4.79 Å². The van der Waals surface area contributed by atoms with Gasteiger partial charge in [-0.1, -0.05) is 12.2 Å². The minimum Gasteiger partial charge on any atom is -0.497 e. The van der Waals surface area contributed by atoms with Gasteiger partial charge >= 0.3 is 6.03 Å². The molecule has 1 aliphatic carbocycles. The average molecular weight is 327 g/mol. The first-order valence-corrected chi connectivity index (χ1v) is 8.01. The molecule has 1 aromatic carbocycles. The van der Waals surface area contributed by atoms with Gasteiger partial charge in [-0.15, -0.1) is 0 Å². The molecule has 3 rings (SSSR count). The Labute approximate surface area is 140 Å². The third kappa shape index (κ3) is 4.13. The number of urea groups is 1. The standard InChI is InChI=1S/C17H21N5O2/c1-24-14-9-7-12(8-10-14)16-20-15(21-22-16)11-18-17(23)19-13-5-3-2-4-6-13/h3,5,7-10,13H,2,4,6,11H2,1H3,(H2,18,19,23)(H,20,21,22)/t13-/m0/s1. The lowest BCUT2D eigenvalue weighted by molar-refractivity contribution is 0.237. The van der Waals surface area contributed by atoms with Crippen LogP contribution >= 0.6 is 0 Å². The molecule has 1 aromatic heterocycles. The number of allylic oxidation sites excluding steroid dienone is 1. The Morgan fingerprint density at radius 1 is 1.38 bits per heavy atom. The first kappa shape index (κ1) is 16.0. The quantitative estimate of drug-likeness (QED) is 0.735. The van der Waals surface area contributed by atoms with Crippen molar-refractivity contribution in [2.24, 2.45) is 0 Å². The highest BCUT2D eigenvalue weighted by molar-refractivity contribution is 5.74. The summed E-state index contributed by atoms with van der Waals surface area (Å²) in [5.41, 5.74) is 0.884. The number of rotatable bonds is 5. The number of hydrogen-bond donors (Lipinski definition) is 3. The summed E-state index contributed by atoms with van der Waals surface area (Å²) in [6.45, 7) is 0.297. The van der Waals surface area contributed by atoms with Crippen LogP contribution < -0.4 is 15.4 Å². The van der Waals surface area contributed by atoms with Crippen LogP contribution in [0.2, 0.25) is 0 Å². The van der Waals surface area contributed by atoms with Crippen molar-refractivity contribution in [3.05, 3.63) is 42.2 Å². The molecule has 0 bridgehead atoms. The van der Waals surface area contributed by atoms with Crippen molar-refractivity contribution in [1.82, 2.24) is 25.8 Å². The van der Waals surface area contributed by atoms with Crippen LogP contribution in [0.25, 0.3) is 11.4 Å². The highest BCUT2D eigenvalue weighted by atomic mass is 16.5. The van der Waals surface area contributed by atoms with E-state index in [4.69, 9.17) is 4.74 Å². The molecule has 1 aliphatic rings. The first-order chi connectivity index (χ1) is 11.7. The molecule has 0 saturated heterocycles. The van der Waals surface area contributed by atoms with E-state index in [1.165, 1.54) is 0 Å². The minimum absolute atomic E-state index is 0.114. The second kappa shape index (κ2) is 7.63. The Kier molecular flexibility index (Phi) is 5.10. The minimum atomic E-state index is -0.200. The third-order valence-electron chi connectivity index (χ3n) is 3.87. The molecule has 1 atom stereocenters.